The lowest BCUT2D eigenvalue weighted by Crippen LogP contribution is -2.43. The van der Waals surface area contributed by atoms with Gasteiger partial charge in [0.05, 0.1) is 11.0 Å². The summed E-state index contributed by atoms with van der Waals surface area (Å²) in [7, 11) is 0. The molecule has 2 saturated heterocycles. The summed E-state index contributed by atoms with van der Waals surface area (Å²) in [5.41, 5.74) is 4.03. The zero-order valence-corrected chi connectivity index (χ0v) is 20.8. The molecule has 2 aromatic carbocycles. The summed E-state index contributed by atoms with van der Waals surface area (Å²) < 4.78 is 3.96. The number of nitrogens with one attached hydrogen (secondary N) is 1. The Labute approximate surface area is 207 Å². The Morgan fingerprint density at radius 3 is 2.31 bits per heavy atom. The van der Waals surface area contributed by atoms with Crippen molar-refractivity contribution >= 4 is 22.8 Å². The highest BCUT2D eigenvalue weighted by atomic mass is 16.2. The van der Waals surface area contributed by atoms with Crippen molar-refractivity contribution in [2.24, 2.45) is 0 Å². The second-order valence-corrected chi connectivity index (χ2v) is 10.0. The fourth-order valence-electron chi connectivity index (χ4n) is 5.67. The van der Waals surface area contributed by atoms with Gasteiger partial charge in [-0.05, 0) is 82.4 Å². The van der Waals surface area contributed by atoms with Gasteiger partial charge in [0.25, 0.3) is 0 Å². The van der Waals surface area contributed by atoms with Crippen LogP contribution in [0.15, 0.2) is 53.3 Å². The van der Waals surface area contributed by atoms with Gasteiger partial charge in [0.1, 0.15) is 0 Å². The first kappa shape index (κ1) is 23.7. The van der Waals surface area contributed by atoms with Crippen molar-refractivity contribution in [1.29, 1.82) is 0 Å². The van der Waals surface area contributed by atoms with E-state index in [-0.39, 0.29) is 17.8 Å². The summed E-state index contributed by atoms with van der Waals surface area (Å²) in [6, 6.07) is 16.0. The smallest absolute Gasteiger partial charge is 0.324 e. The van der Waals surface area contributed by atoms with Crippen LogP contribution in [0.25, 0.3) is 11.0 Å². The zero-order chi connectivity index (χ0) is 24.2. The van der Waals surface area contributed by atoms with Gasteiger partial charge >= 0.3 is 11.7 Å². The number of hydrogen-bond donors (Lipinski definition) is 1. The van der Waals surface area contributed by atoms with Crippen LogP contribution in [-0.4, -0.2) is 57.7 Å². The first-order chi connectivity index (χ1) is 17.1. The number of piperidine rings is 2. The summed E-state index contributed by atoms with van der Waals surface area (Å²) >= 11 is 0. The van der Waals surface area contributed by atoms with Crippen LogP contribution < -0.4 is 11.0 Å². The predicted molar refractivity (Wildman–Crippen MR) is 141 cm³/mol. The van der Waals surface area contributed by atoms with Crippen LogP contribution >= 0.6 is 0 Å². The van der Waals surface area contributed by atoms with E-state index in [1.807, 2.05) is 57.4 Å². The number of anilines is 1. The third kappa shape index (κ3) is 5.15. The summed E-state index contributed by atoms with van der Waals surface area (Å²) in [6.45, 7) is 7.46. The average molecular weight is 476 g/mol. The number of imidazole rings is 1. The highest BCUT2D eigenvalue weighted by Gasteiger charge is 2.27. The van der Waals surface area contributed by atoms with Gasteiger partial charge in [-0.1, -0.05) is 36.8 Å². The van der Waals surface area contributed by atoms with E-state index < -0.39 is 0 Å². The lowest BCUT2D eigenvalue weighted by atomic mass is 10.0. The monoisotopic (exact) mass is 475 g/mol. The van der Waals surface area contributed by atoms with Crippen LogP contribution in [0.5, 0.6) is 0 Å². The number of para-hydroxylation sites is 3. The number of urea groups is 1. The number of carbonyl (C=O) groups is 1. The molecular formula is C28H37N5O2. The molecule has 7 nitrogen and oxygen atoms in total. The molecule has 35 heavy (non-hydrogen) atoms. The number of carbonyl (C=O) groups excluding carboxylic acids is 1. The van der Waals surface area contributed by atoms with Crippen molar-refractivity contribution in [2.75, 3.05) is 38.0 Å². The molecule has 1 N–H and O–H groups in total. The minimum absolute atomic E-state index is 0.0646. The number of rotatable bonds is 6. The fraction of sp³-hybridized carbons (Fsp3) is 0.500. The molecule has 0 atom stereocenters. The van der Waals surface area contributed by atoms with E-state index in [4.69, 9.17) is 0 Å². The molecule has 0 spiro atoms. The van der Waals surface area contributed by atoms with Crippen LogP contribution in [-0.2, 0) is 6.54 Å². The number of aromatic nitrogens is 2. The minimum Gasteiger partial charge on any atom is -0.324 e. The normalized spacial score (nSPS) is 17.7. The minimum atomic E-state index is -0.0646. The number of nitrogens with zero attached hydrogens (tertiary/aromatic N) is 4. The van der Waals surface area contributed by atoms with Gasteiger partial charge in [-0.2, -0.15) is 0 Å². The van der Waals surface area contributed by atoms with Crippen molar-refractivity contribution in [3.63, 3.8) is 0 Å². The van der Waals surface area contributed by atoms with Crippen molar-refractivity contribution in [3.8, 4) is 0 Å². The van der Waals surface area contributed by atoms with E-state index in [9.17, 15) is 9.59 Å². The SMILES string of the molecule is Cc1ccccc1NC(=O)N1CCC(n2c(=O)n(CCCN3CCCCC3)c3ccccc32)CC1. The molecule has 0 unspecified atom stereocenters. The third-order valence-electron chi connectivity index (χ3n) is 7.68. The Morgan fingerprint density at radius 1 is 0.886 bits per heavy atom. The van der Waals surface area contributed by atoms with Crippen molar-refractivity contribution in [1.82, 2.24) is 18.9 Å². The van der Waals surface area contributed by atoms with Crippen molar-refractivity contribution < 1.29 is 4.79 Å². The lowest BCUT2D eigenvalue weighted by Gasteiger charge is -2.32. The molecule has 0 saturated carbocycles. The molecule has 1 aromatic heterocycles. The standard InChI is InChI=1S/C28H37N5O2/c1-22-10-3-4-11-24(22)29-27(34)31-20-14-23(15-21-31)33-26-13-6-5-12-25(26)32(28(33)35)19-9-18-30-16-7-2-8-17-30/h3-6,10-13,23H,2,7-9,14-21H2,1H3,(H,29,34). The molecule has 2 aliphatic heterocycles. The van der Waals surface area contributed by atoms with Crippen LogP contribution in [0.3, 0.4) is 0 Å². The second-order valence-electron chi connectivity index (χ2n) is 10.0. The average Bonchev–Trinajstić information content (AvgIpc) is 3.17. The number of likely N-dealkylation sites (tertiary alicyclic amines) is 2. The van der Waals surface area contributed by atoms with Crippen LogP contribution in [0.1, 0.15) is 50.1 Å². The molecule has 0 radical (unpaired) electrons. The summed E-state index contributed by atoms with van der Waals surface area (Å²) in [4.78, 5) is 30.8. The topological polar surface area (TPSA) is 62.5 Å². The number of fused-ring (bicyclic) bond motifs is 1. The molecule has 3 heterocycles. The first-order valence-electron chi connectivity index (χ1n) is 13.2. The van der Waals surface area contributed by atoms with Crippen LogP contribution in [0, 0.1) is 6.92 Å². The Hall–Kier alpha value is -3.06. The summed E-state index contributed by atoms with van der Waals surface area (Å²) in [5.74, 6) is 0. The van der Waals surface area contributed by atoms with E-state index in [2.05, 4.69) is 22.3 Å². The first-order valence-corrected chi connectivity index (χ1v) is 13.2. The molecule has 2 aliphatic rings. The molecule has 0 aliphatic carbocycles. The number of amides is 2. The Bertz CT molecular complexity index is 1220. The van der Waals surface area contributed by atoms with Gasteiger partial charge in [0.2, 0.25) is 0 Å². The Morgan fingerprint density at radius 2 is 1.57 bits per heavy atom. The zero-order valence-electron chi connectivity index (χ0n) is 20.8. The highest BCUT2D eigenvalue weighted by molar-refractivity contribution is 5.90. The molecular weight excluding hydrogens is 438 g/mol. The van der Waals surface area contributed by atoms with E-state index in [0.717, 1.165) is 54.6 Å². The summed E-state index contributed by atoms with van der Waals surface area (Å²) in [6.07, 6.45) is 6.48. The van der Waals surface area contributed by atoms with Gasteiger partial charge in [0, 0.05) is 31.4 Å². The highest BCUT2D eigenvalue weighted by Crippen LogP contribution is 2.26. The van der Waals surface area contributed by atoms with Crippen LogP contribution in [0.2, 0.25) is 0 Å². The maximum absolute atomic E-state index is 13.6. The number of hydrogen-bond acceptors (Lipinski definition) is 3. The van der Waals surface area contributed by atoms with Crippen molar-refractivity contribution in [2.45, 2.75) is 58.0 Å². The van der Waals surface area contributed by atoms with Gasteiger partial charge < -0.3 is 15.1 Å². The number of benzene rings is 2. The maximum atomic E-state index is 13.6. The van der Waals surface area contributed by atoms with Gasteiger partial charge in [-0.15, -0.1) is 0 Å². The molecule has 2 amide bonds. The van der Waals surface area contributed by atoms with E-state index in [1.165, 1.54) is 32.4 Å². The molecule has 7 heteroatoms. The fourth-order valence-corrected chi connectivity index (χ4v) is 5.67. The largest absolute Gasteiger partial charge is 0.329 e. The van der Waals surface area contributed by atoms with Gasteiger partial charge in [-0.25, -0.2) is 9.59 Å². The Kier molecular flexibility index (Phi) is 7.23. The van der Waals surface area contributed by atoms with E-state index in [1.54, 1.807) is 0 Å². The lowest BCUT2D eigenvalue weighted by molar-refractivity contribution is 0.183. The van der Waals surface area contributed by atoms with Crippen LogP contribution in [0.4, 0.5) is 10.5 Å². The molecule has 2 fully saturated rings. The maximum Gasteiger partial charge on any atom is 0.329 e. The van der Waals surface area contributed by atoms with Gasteiger partial charge in [0.15, 0.2) is 0 Å². The quantitative estimate of drug-likeness (QED) is 0.554. The Balaban J connectivity index is 1.26. The molecule has 5 rings (SSSR count). The molecule has 186 valence electrons. The predicted octanol–water partition coefficient (Wildman–Crippen LogP) is 4.86. The second kappa shape index (κ2) is 10.7. The summed E-state index contributed by atoms with van der Waals surface area (Å²) in [5, 5.41) is 3.04. The molecule has 3 aromatic rings. The molecule has 0 bridgehead atoms. The van der Waals surface area contributed by atoms with E-state index >= 15 is 0 Å². The van der Waals surface area contributed by atoms with Gasteiger partial charge in [-0.3, -0.25) is 9.13 Å². The van der Waals surface area contributed by atoms with E-state index in [0.29, 0.717) is 13.1 Å². The third-order valence-corrected chi connectivity index (χ3v) is 7.68. The van der Waals surface area contributed by atoms with Crippen molar-refractivity contribution in [3.05, 3.63) is 64.6 Å². The number of aryl methyl sites for hydroxylation is 2.